The molecule has 5 rings (SSSR count). The van der Waals surface area contributed by atoms with Gasteiger partial charge < -0.3 is 25.0 Å². The van der Waals surface area contributed by atoms with E-state index in [9.17, 15) is 28.3 Å². The topological polar surface area (TPSA) is 102 Å². The first-order valence-electron chi connectivity index (χ1n) is 10.8. The van der Waals surface area contributed by atoms with E-state index >= 15 is 0 Å². The van der Waals surface area contributed by atoms with Crippen molar-refractivity contribution in [2.24, 2.45) is 0 Å². The van der Waals surface area contributed by atoms with Gasteiger partial charge in [-0.1, -0.05) is 12.1 Å². The first-order chi connectivity index (χ1) is 16.2. The second-order valence-electron chi connectivity index (χ2n) is 8.60. The summed E-state index contributed by atoms with van der Waals surface area (Å²) in [5.41, 5.74) is 0.442. The van der Waals surface area contributed by atoms with Crippen LogP contribution in [0.15, 0.2) is 36.4 Å². The lowest BCUT2D eigenvalue weighted by atomic mass is 10.1. The number of nitrogens with zero attached hydrogens (tertiary/aromatic N) is 3. The van der Waals surface area contributed by atoms with Crippen molar-refractivity contribution in [3.63, 3.8) is 0 Å². The molecule has 3 amide bonds. The van der Waals surface area contributed by atoms with Crippen LogP contribution < -0.4 is 10.2 Å². The van der Waals surface area contributed by atoms with Crippen molar-refractivity contribution in [1.29, 1.82) is 0 Å². The van der Waals surface area contributed by atoms with E-state index in [1.54, 1.807) is 31.3 Å². The van der Waals surface area contributed by atoms with Crippen molar-refractivity contribution < 1.29 is 33.0 Å². The summed E-state index contributed by atoms with van der Waals surface area (Å²) in [5, 5.41) is 13.1. The molecule has 9 nitrogen and oxygen atoms in total. The molecule has 3 heterocycles. The summed E-state index contributed by atoms with van der Waals surface area (Å²) < 4.78 is 34.8. The number of rotatable bonds is 6. The highest BCUT2D eigenvalue weighted by Gasteiger charge is 2.47. The number of nitrogens with one attached hydrogen (secondary N) is 1. The molecule has 2 aromatic rings. The number of halogens is 2. The maximum absolute atomic E-state index is 14.8. The predicted octanol–water partition coefficient (Wildman–Crippen LogP) is 1.67. The largest absolute Gasteiger partial charge is 0.442 e. The summed E-state index contributed by atoms with van der Waals surface area (Å²) in [5.74, 6) is -2.59. The van der Waals surface area contributed by atoms with Crippen LogP contribution in [0.3, 0.4) is 0 Å². The number of likely N-dealkylation sites (N-methyl/N-ethyl adjacent to an activating group) is 1. The molecule has 2 saturated heterocycles. The lowest BCUT2D eigenvalue weighted by molar-refractivity contribution is 0.0557. The Hall–Kier alpha value is -3.73. The van der Waals surface area contributed by atoms with E-state index in [0.717, 1.165) is 17.0 Å². The minimum absolute atomic E-state index is 0.100. The van der Waals surface area contributed by atoms with Crippen LogP contribution in [-0.2, 0) is 4.74 Å². The van der Waals surface area contributed by atoms with E-state index in [1.807, 2.05) is 0 Å². The van der Waals surface area contributed by atoms with Crippen molar-refractivity contribution in [2.45, 2.75) is 18.2 Å². The van der Waals surface area contributed by atoms with Gasteiger partial charge in [0.2, 0.25) is 0 Å². The fourth-order valence-corrected chi connectivity index (χ4v) is 4.66. The van der Waals surface area contributed by atoms with Crippen LogP contribution in [-0.4, -0.2) is 84.3 Å². The van der Waals surface area contributed by atoms with Crippen LogP contribution in [0, 0.1) is 11.6 Å². The van der Waals surface area contributed by atoms with Crippen LogP contribution in [0.5, 0.6) is 0 Å². The molecule has 34 heavy (non-hydrogen) atoms. The number of carbonyl (C=O) groups is 3. The molecular formula is C23H22F2N4O5. The number of anilines is 2. The van der Waals surface area contributed by atoms with Gasteiger partial charge >= 0.3 is 6.09 Å². The van der Waals surface area contributed by atoms with Crippen molar-refractivity contribution in [3.05, 3.63) is 59.2 Å². The summed E-state index contributed by atoms with van der Waals surface area (Å²) in [6.45, 7) is 0.0261. The highest BCUT2D eigenvalue weighted by atomic mass is 19.1. The van der Waals surface area contributed by atoms with Crippen molar-refractivity contribution >= 4 is 29.3 Å². The Labute approximate surface area is 193 Å². The maximum Gasteiger partial charge on any atom is 0.410 e. The molecule has 0 spiro atoms. The number of carbonyl (C=O) groups excluding carboxylic acids is 3. The summed E-state index contributed by atoms with van der Waals surface area (Å²) in [4.78, 5) is 40.3. The normalized spacial score (nSPS) is 22.2. The van der Waals surface area contributed by atoms with Gasteiger partial charge in [0.1, 0.15) is 11.8 Å². The fourth-order valence-electron chi connectivity index (χ4n) is 4.66. The van der Waals surface area contributed by atoms with Crippen LogP contribution in [0.1, 0.15) is 20.7 Å². The molecule has 0 radical (unpaired) electrons. The third-order valence-electron chi connectivity index (χ3n) is 6.42. The van der Waals surface area contributed by atoms with Crippen molar-refractivity contribution in [2.75, 3.05) is 43.4 Å². The summed E-state index contributed by atoms with van der Waals surface area (Å²) in [6, 6.07) is 8.33. The molecule has 11 heteroatoms. The number of ether oxygens (including phenoxy) is 1. The van der Waals surface area contributed by atoms with E-state index in [4.69, 9.17) is 4.74 Å². The third-order valence-corrected chi connectivity index (χ3v) is 6.42. The number of hydrogen-bond donors (Lipinski definition) is 2. The van der Waals surface area contributed by atoms with E-state index in [0.29, 0.717) is 0 Å². The molecule has 0 aliphatic carbocycles. The van der Waals surface area contributed by atoms with Gasteiger partial charge in [0.25, 0.3) is 11.8 Å². The zero-order chi connectivity index (χ0) is 24.1. The average Bonchev–Trinajstić information content (AvgIpc) is 3.40. The molecule has 3 aliphatic heterocycles. The minimum atomic E-state index is -1.16. The lowest BCUT2D eigenvalue weighted by Gasteiger charge is -2.23. The summed E-state index contributed by atoms with van der Waals surface area (Å²) in [7, 11) is 1.59. The molecule has 0 saturated carbocycles. The number of amides is 3. The van der Waals surface area contributed by atoms with Gasteiger partial charge in [-0.2, -0.15) is 0 Å². The molecule has 2 fully saturated rings. The Bertz CT molecular complexity index is 1130. The number of aliphatic hydroxyl groups excluding tert-OH is 1. The fraction of sp³-hybridized carbons (Fsp3) is 0.348. The zero-order valence-electron chi connectivity index (χ0n) is 18.2. The highest BCUT2D eigenvalue weighted by Crippen LogP contribution is 2.34. The van der Waals surface area contributed by atoms with Crippen LogP contribution in [0.25, 0.3) is 0 Å². The SMILES string of the molecule is CN1C(=O)O[C@H]2CN(c3c(F)cc(NC[C@@H](O)CN4C(=O)c5ccccc5C4=O)cc3F)C[C@H]21. The van der Waals surface area contributed by atoms with Crippen molar-refractivity contribution in [1.82, 2.24) is 9.80 Å². The standard InChI is InChI=1S/C23H22F2N4O5/c1-27-18-10-28(11-19(18)34-23(27)33)20-16(24)6-12(7-17(20)25)26-8-13(30)9-29-21(31)14-4-2-3-5-15(14)22(29)32/h2-7,13,18-19,26,30H,8-11H2,1H3/t13-,18-,19+/m1/s1. The number of hydrogen-bond acceptors (Lipinski definition) is 7. The molecule has 2 aromatic carbocycles. The van der Waals surface area contributed by atoms with Gasteiger partial charge in [-0.3, -0.25) is 14.5 Å². The molecule has 0 aromatic heterocycles. The Kier molecular flexibility index (Phi) is 5.35. The Morgan fingerprint density at radius 2 is 1.71 bits per heavy atom. The molecule has 3 aliphatic rings. The maximum atomic E-state index is 14.8. The minimum Gasteiger partial charge on any atom is -0.442 e. The monoisotopic (exact) mass is 472 g/mol. The molecule has 178 valence electrons. The van der Waals surface area contributed by atoms with Gasteiger partial charge in [0.05, 0.1) is 36.4 Å². The number of imide groups is 1. The van der Waals surface area contributed by atoms with Gasteiger partial charge in [-0.15, -0.1) is 0 Å². The Morgan fingerprint density at radius 1 is 1.09 bits per heavy atom. The molecule has 2 N–H and O–H groups in total. The van der Waals surface area contributed by atoms with Gasteiger partial charge in [0.15, 0.2) is 11.6 Å². The average molecular weight is 472 g/mol. The van der Waals surface area contributed by atoms with Crippen molar-refractivity contribution in [3.8, 4) is 0 Å². The van der Waals surface area contributed by atoms with E-state index < -0.39 is 41.7 Å². The Balaban J connectivity index is 1.21. The Morgan fingerprint density at radius 3 is 2.29 bits per heavy atom. The molecular weight excluding hydrogens is 450 g/mol. The third kappa shape index (κ3) is 3.61. The lowest BCUT2D eigenvalue weighted by Crippen LogP contribution is -2.39. The predicted molar refractivity (Wildman–Crippen MR) is 117 cm³/mol. The molecule has 0 unspecified atom stereocenters. The van der Waals surface area contributed by atoms with Gasteiger partial charge in [0, 0.05) is 25.8 Å². The quantitative estimate of drug-likeness (QED) is 0.617. The van der Waals surface area contributed by atoms with E-state index in [-0.39, 0.29) is 54.7 Å². The zero-order valence-corrected chi connectivity index (χ0v) is 18.2. The first-order valence-corrected chi connectivity index (χ1v) is 10.8. The van der Waals surface area contributed by atoms with E-state index in [2.05, 4.69) is 5.32 Å². The number of β-amino-alcohol motifs (C(OH)–C–C–N with tert-alkyl or cyclic N) is 1. The van der Waals surface area contributed by atoms with Crippen LogP contribution >= 0.6 is 0 Å². The number of benzene rings is 2. The van der Waals surface area contributed by atoms with Gasteiger partial charge in [-0.25, -0.2) is 13.6 Å². The number of fused-ring (bicyclic) bond motifs is 2. The second-order valence-corrected chi connectivity index (χ2v) is 8.60. The smallest absolute Gasteiger partial charge is 0.410 e. The molecule has 3 atom stereocenters. The number of aliphatic hydroxyl groups is 1. The first kappa shape index (κ1) is 22.1. The highest BCUT2D eigenvalue weighted by molar-refractivity contribution is 6.21. The van der Waals surface area contributed by atoms with Crippen LogP contribution in [0.4, 0.5) is 25.0 Å². The second kappa shape index (κ2) is 8.24. The molecule has 0 bridgehead atoms. The van der Waals surface area contributed by atoms with E-state index in [1.165, 1.54) is 9.80 Å². The van der Waals surface area contributed by atoms with Gasteiger partial charge in [-0.05, 0) is 24.3 Å². The summed E-state index contributed by atoms with van der Waals surface area (Å²) in [6.07, 6.45) is -2.06. The summed E-state index contributed by atoms with van der Waals surface area (Å²) >= 11 is 0. The van der Waals surface area contributed by atoms with Crippen LogP contribution in [0.2, 0.25) is 0 Å².